The van der Waals surface area contributed by atoms with Crippen LogP contribution in [-0.4, -0.2) is 34.5 Å². The van der Waals surface area contributed by atoms with Gasteiger partial charge in [-0.25, -0.2) is 0 Å². The lowest BCUT2D eigenvalue weighted by molar-refractivity contribution is -0.140. The van der Waals surface area contributed by atoms with E-state index in [4.69, 9.17) is 0 Å². The van der Waals surface area contributed by atoms with Crippen molar-refractivity contribution >= 4 is 5.91 Å². The first-order valence-corrected chi connectivity index (χ1v) is 8.12. The molecule has 1 aromatic rings. The van der Waals surface area contributed by atoms with Crippen LogP contribution < -0.4 is 5.32 Å². The second-order valence-electron chi connectivity index (χ2n) is 7.24. The number of nitrogens with zero attached hydrogens (tertiary/aromatic N) is 2. The summed E-state index contributed by atoms with van der Waals surface area (Å²) in [6, 6.07) is 4.44. The van der Waals surface area contributed by atoms with Gasteiger partial charge in [-0.1, -0.05) is 13.8 Å². The van der Waals surface area contributed by atoms with Gasteiger partial charge in [-0.2, -0.15) is 0 Å². The van der Waals surface area contributed by atoms with Crippen molar-refractivity contribution in [3.8, 4) is 0 Å². The SMILES string of the molecule is Cc1ccc2n1CCN(C(=O)C1NCCCC1(C)C)C2C. The number of hydrogen-bond donors (Lipinski definition) is 1. The molecule has 0 aromatic carbocycles. The molecule has 21 heavy (non-hydrogen) atoms. The van der Waals surface area contributed by atoms with Gasteiger partial charge in [-0.3, -0.25) is 4.79 Å². The quantitative estimate of drug-likeness (QED) is 0.862. The van der Waals surface area contributed by atoms with Crippen molar-refractivity contribution in [2.24, 2.45) is 5.41 Å². The normalized spacial score (nSPS) is 28.3. The second kappa shape index (κ2) is 5.16. The highest BCUT2D eigenvalue weighted by Gasteiger charge is 2.41. The molecule has 0 saturated carbocycles. The smallest absolute Gasteiger partial charge is 0.240 e. The number of piperidine rings is 1. The summed E-state index contributed by atoms with van der Waals surface area (Å²) in [6.45, 7) is 11.4. The van der Waals surface area contributed by atoms with E-state index >= 15 is 0 Å². The molecule has 116 valence electrons. The molecule has 2 aliphatic heterocycles. The van der Waals surface area contributed by atoms with E-state index in [1.807, 2.05) is 0 Å². The van der Waals surface area contributed by atoms with Crippen molar-refractivity contribution in [3.05, 3.63) is 23.5 Å². The lowest BCUT2D eigenvalue weighted by Crippen LogP contribution is -2.58. The minimum Gasteiger partial charge on any atom is -0.345 e. The number of aromatic nitrogens is 1. The Morgan fingerprint density at radius 3 is 2.81 bits per heavy atom. The number of fused-ring (bicyclic) bond motifs is 1. The van der Waals surface area contributed by atoms with Crippen LogP contribution in [-0.2, 0) is 11.3 Å². The minimum atomic E-state index is -0.0451. The summed E-state index contributed by atoms with van der Waals surface area (Å²) < 4.78 is 2.34. The topological polar surface area (TPSA) is 37.3 Å². The number of amides is 1. The fourth-order valence-electron chi connectivity index (χ4n) is 3.92. The van der Waals surface area contributed by atoms with E-state index in [2.05, 4.69) is 54.6 Å². The van der Waals surface area contributed by atoms with Gasteiger partial charge in [0, 0.05) is 24.5 Å². The summed E-state index contributed by atoms with van der Waals surface area (Å²) in [5, 5.41) is 3.46. The summed E-state index contributed by atoms with van der Waals surface area (Å²) in [5.41, 5.74) is 2.60. The first kappa shape index (κ1) is 14.6. The Morgan fingerprint density at radius 2 is 2.10 bits per heavy atom. The number of rotatable bonds is 1. The molecule has 0 radical (unpaired) electrons. The molecule has 0 bridgehead atoms. The molecule has 2 aliphatic rings. The van der Waals surface area contributed by atoms with Gasteiger partial charge in [-0.05, 0) is 50.8 Å². The van der Waals surface area contributed by atoms with Crippen molar-refractivity contribution in [1.29, 1.82) is 0 Å². The van der Waals surface area contributed by atoms with E-state index in [1.165, 1.54) is 11.4 Å². The van der Waals surface area contributed by atoms with Crippen LogP contribution in [0.2, 0.25) is 0 Å². The molecule has 4 nitrogen and oxygen atoms in total. The second-order valence-corrected chi connectivity index (χ2v) is 7.24. The van der Waals surface area contributed by atoms with E-state index in [0.717, 1.165) is 32.5 Å². The van der Waals surface area contributed by atoms with Crippen LogP contribution in [0, 0.1) is 12.3 Å². The zero-order valence-electron chi connectivity index (χ0n) is 13.6. The fraction of sp³-hybridized carbons (Fsp3) is 0.706. The molecule has 0 aliphatic carbocycles. The third-order valence-electron chi connectivity index (χ3n) is 5.35. The monoisotopic (exact) mass is 289 g/mol. The lowest BCUT2D eigenvalue weighted by atomic mass is 9.76. The molecular formula is C17H27N3O. The molecule has 2 unspecified atom stereocenters. The van der Waals surface area contributed by atoms with Crippen molar-refractivity contribution in [2.75, 3.05) is 13.1 Å². The summed E-state index contributed by atoms with van der Waals surface area (Å²) in [5.74, 6) is 0.275. The number of hydrogen-bond acceptors (Lipinski definition) is 2. The van der Waals surface area contributed by atoms with Gasteiger partial charge in [0.25, 0.3) is 0 Å². The highest BCUT2D eigenvalue weighted by Crippen LogP contribution is 2.34. The standard InChI is InChI=1S/C17H27N3O/c1-12-6-7-14-13(2)20(11-10-19(12)14)16(21)15-17(3,4)8-5-9-18-15/h6-7,13,15,18H,5,8-11H2,1-4H3. The molecule has 1 N–H and O–H groups in total. The molecule has 1 aromatic heterocycles. The first-order chi connectivity index (χ1) is 9.92. The average molecular weight is 289 g/mol. The Kier molecular flexibility index (Phi) is 3.60. The van der Waals surface area contributed by atoms with E-state index in [1.54, 1.807) is 0 Å². The van der Waals surface area contributed by atoms with Crippen LogP contribution in [0.25, 0.3) is 0 Å². The predicted octanol–water partition coefficient (Wildman–Crippen LogP) is 2.48. The maximum Gasteiger partial charge on any atom is 0.240 e. The third kappa shape index (κ3) is 2.39. The molecule has 2 atom stereocenters. The lowest BCUT2D eigenvalue weighted by Gasteiger charge is -2.44. The number of nitrogens with one attached hydrogen (secondary N) is 1. The summed E-state index contributed by atoms with van der Waals surface area (Å²) >= 11 is 0. The van der Waals surface area contributed by atoms with Crippen molar-refractivity contribution in [3.63, 3.8) is 0 Å². The van der Waals surface area contributed by atoms with Gasteiger partial charge in [0.15, 0.2) is 0 Å². The van der Waals surface area contributed by atoms with Gasteiger partial charge in [0.1, 0.15) is 0 Å². The molecule has 4 heteroatoms. The van der Waals surface area contributed by atoms with Crippen molar-refractivity contribution in [2.45, 2.75) is 59.2 Å². The minimum absolute atomic E-state index is 0.0451. The Balaban J connectivity index is 1.83. The summed E-state index contributed by atoms with van der Waals surface area (Å²) in [6.07, 6.45) is 2.28. The molecule has 1 amide bonds. The maximum atomic E-state index is 13.0. The van der Waals surface area contributed by atoms with Crippen LogP contribution in [0.4, 0.5) is 0 Å². The highest BCUT2D eigenvalue weighted by molar-refractivity contribution is 5.83. The Morgan fingerprint density at radius 1 is 1.33 bits per heavy atom. The van der Waals surface area contributed by atoms with Crippen molar-refractivity contribution < 1.29 is 4.79 Å². The average Bonchev–Trinajstić information content (AvgIpc) is 2.81. The summed E-state index contributed by atoms with van der Waals surface area (Å²) in [4.78, 5) is 15.1. The van der Waals surface area contributed by atoms with Gasteiger partial charge < -0.3 is 14.8 Å². The highest BCUT2D eigenvalue weighted by atomic mass is 16.2. The zero-order chi connectivity index (χ0) is 15.2. The molecule has 0 spiro atoms. The molecule has 1 saturated heterocycles. The largest absolute Gasteiger partial charge is 0.345 e. The van der Waals surface area contributed by atoms with Gasteiger partial charge in [0.2, 0.25) is 5.91 Å². The number of aryl methyl sites for hydroxylation is 1. The molecular weight excluding hydrogens is 262 g/mol. The Hall–Kier alpha value is -1.29. The third-order valence-corrected chi connectivity index (χ3v) is 5.35. The first-order valence-electron chi connectivity index (χ1n) is 8.12. The number of carbonyl (C=O) groups excluding carboxylic acids is 1. The Labute approximate surface area is 127 Å². The van der Waals surface area contributed by atoms with E-state index in [9.17, 15) is 4.79 Å². The van der Waals surface area contributed by atoms with Crippen molar-refractivity contribution in [1.82, 2.24) is 14.8 Å². The molecule has 3 heterocycles. The van der Waals surface area contributed by atoms with E-state index < -0.39 is 0 Å². The van der Waals surface area contributed by atoms with Crippen LogP contribution in [0.5, 0.6) is 0 Å². The fourth-order valence-corrected chi connectivity index (χ4v) is 3.92. The maximum absolute atomic E-state index is 13.0. The van der Waals surface area contributed by atoms with E-state index in [-0.39, 0.29) is 23.4 Å². The predicted molar refractivity (Wildman–Crippen MR) is 84.1 cm³/mol. The van der Waals surface area contributed by atoms with Crippen LogP contribution in [0.3, 0.4) is 0 Å². The zero-order valence-corrected chi connectivity index (χ0v) is 13.6. The summed E-state index contributed by atoms with van der Waals surface area (Å²) in [7, 11) is 0. The van der Waals surface area contributed by atoms with Gasteiger partial charge in [-0.15, -0.1) is 0 Å². The van der Waals surface area contributed by atoms with Crippen LogP contribution in [0.15, 0.2) is 12.1 Å². The van der Waals surface area contributed by atoms with Gasteiger partial charge >= 0.3 is 0 Å². The molecule has 1 fully saturated rings. The van der Waals surface area contributed by atoms with Crippen LogP contribution >= 0.6 is 0 Å². The van der Waals surface area contributed by atoms with Crippen LogP contribution in [0.1, 0.15) is 51.0 Å². The Bertz CT molecular complexity index is 546. The van der Waals surface area contributed by atoms with E-state index in [0.29, 0.717) is 0 Å². The van der Waals surface area contributed by atoms with Gasteiger partial charge in [0.05, 0.1) is 12.1 Å². The molecule has 3 rings (SSSR count). The number of carbonyl (C=O) groups is 1.